The zero-order valence-electron chi connectivity index (χ0n) is 13.3. The maximum Gasteiger partial charge on any atom is 0.256 e. The number of benzene rings is 1. The summed E-state index contributed by atoms with van der Waals surface area (Å²) in [5, 5.41) is 2.89. The van der Waals surface area contributed by atoms with E-state index >= 15 is 0 Å². The molecule has 0 unspecified atom stereocenters. The Labute approximate surface area is 151 Å². The van der Waals surface area contributed by atoms with Crippen LogP contribution in [-0.4, -0.2) is 15.8 Å². The Hall–Kier alpha value is -3.16. The summed E-state index contributed by atoms with van der Waals surface area (Å²) in [5.41, 5.74) is 4.94. The summed E-state index contributed by atoms with van der Waals surface area (Å²) in [5.74, 6) is 6.19. The van der Waals surface area contributed by atoms with Crippen molar-refractivity contribution < 1.29 is 4.79 Å². The molecule has 1 aliphatic heterocycles. The standard InChI is InChI=1S/C21H14N2OS/c24-21-18(13-16-5-3-11-22-16)17-12-14(8-10-19(17)23-21)7-9-15-4-1-2-6-20(15)25/h1-5,8,10-13,22H,6H2,(H,23,24)/b18-13-. The van der Waals surface area contributed by atoms with Gasteiger partial charge in [-0.05, 0) is 42.5 Å². The molecule has 0 spiro atoms. The van der Waals surface area contributed by atoms with E-state index in [0.29, 0.717) is 5.57 Å². The van der Waals surface area contributed by atoms with Gasteiger partial charge >= 0.3 is 0 Å². The Morgan fingerprint density at radius 3 is 2.92 bits per heavy atom. The lowest BCUT2D eigenvalue weighted by Crippen LogP contribution is -2.03. The van der Waals surface area contributed by atoms with E-state index in [9.17, 15) is 4.79 Å². The van der Waals surface area contributed by atoms with E-state index in [-0.39, 0.29) is 5.91 Å². The Bertz CT molecular complexity index is 1030. The maximum absolute atomic E-state index is 12.3. The van der Waals surface area contributed by atoms with Gasteiger partial charge in [0.1, 0.15) is 0 Å². The second-order valence-electron chi connectivity index (χ2n) is 5.78. The van der Waals surface area contributed by atoms with Crippen LogP contribution in [0.5, 0.6) is 0 Å². The molecule has 2 heterocycles. The molecule has 2 N–H and O–H groups in total. The molecule has 0 fully saturated rings. The number of nitrogens with one attached hydrogen (secondary N) is 2. The fourth-order valence-electron chi connectivity index (χ4n) is 2.79. The molecule has 3 nitrogen and oxygen atoms in total. The van der Waals surface area contributed by atoms with Crippen LogP contribution in [-0.2, 0) is 4.79 Å². The van der Waals surface area contributed by atoms with Gasteiger partial charge in [0, 0.05) is 45.6 Å². The van der Waals surface area contributed by atoms with Crippen molar-refractivity contribution in [3.63, 3.8) is 0 Å². The van der Waals surface area contributed by atoms with Crippen molar-refractivity contribution in [1.82, 2.24) is 4.98 Å². The first-order valence-electron chi connectivity index (χ1n) is 7.93. The molecule has 4 rings (SSSR count). The van der Waals surface area contributed by atoms with E-state index < -0.39 is 0 Å². The van der Waals surface area contributed by atoms with E-state index in [0.717, 1.165) is 39.4 Å². The van der Waals surface area contributed by atoms with E-state index in [1.54, 1.807) is 0 Å². The zero-order chi connectivity index (χ0) is 17.2. The fraction of sp³-hybridized carbons (Fsp3) is 0.0476. The van der Waals surface area contributed by atoms with Gasteiger partial charge in [0.25, 0.3) is 5.91 Å². The molecule has 0 bridgehead atoms. The van der Waals surface area contributed by atoms with E-state index in [4.69, 9.17) is 12.2 Å². The Balaban J connectivity index is 1.70. The van der Waals surface area contributed by atoms with Crippen LogP contribution in [0.15, 0.2) is 60.3 Å². The Morgan fingerprint density at radius 2 is 2.12 bits per heavy atom. The van der Waals surface area contributed by atoms with Gasteiger partial charge in [0.2, 0.25) is 0 Å². The van der Waals surface area contributed by atoms with Crippen molar-refractivity contribution in [1.29, 1.82) is 0 Å². The monoisotopic (exact) mass is 342 g/mol. The molecule has 0 saturated heterocycles. The van der Waals surface area contributed by atoms with E-state index in [2.05, 4.69) is 22.1 Å². The third-order valence-corrected chi connectivity index (χ3v) is 4.46. The molecule has 0 radical (unpaired) electrons. The fourth-order valence-corrected chi connectivity index (χ4v) is 3.01. The number of H-pyrrole nitrogens is 1. The summed E-state index contributed by atoms with van der Waals surface area (Å²) in [7, 11) is 0. The molecular weight excluding hydrogens is 328 g/mol. The normalized spacial score (nSPS) is 17.0. The number of aromatic amines is 1. The largest absolute Gasteiger partial charge is 0.362 e. The average Bonchev–Trinajstić information content (AvgIpc) is 3.23. The molecule has 0 atom stereocenters. The maximum atomic E-state index is 12.3. The lowest BCUT2D eigenvalue weighted by atomic mass is 10.0. The Kier molecular flexibility index (Phi) is 3.93. The van der Waals surface area contributed by atoms with Crippen LogP contribution >= 0.6 is 12.2 Å². The summed E-state index contributed by atoms with van der Waals surface area (Å²) in [6.45, 7) is 0. The van der Waals surface area contributed by atoms with Gasteiger partial charge in [-0.3, -0.25) is 4.79 Å². The second-order valence-corrected chi connectivity index (χ2v) is 6.28. The number of hydrogen-bond donors (Lipinski definition) is 2. The van der Waals surface area contributed by atoms with Gasteiger partial charge in [-0.2, -0.15) is 0 Å². The number of amides is 1. The molecule has 0 saturated carbocycles. The molecule has 25 heavy (non-hydrogen) atoms. The number of aromatic nitrogens is 1. The lowest BCUT2D eigenvalue weighted by Gasteiger charge is -2.03. The minimum atomic E-state index is -0.101. The van der Waals surface area contributed by atoms with Crippen molar-refractivity contribution in [3.8, 4) is 11.8 Å². The number of thiocarbonyl (C=S) groups is 1. The van der Waals surface area contributed by atoms with Gasteiger partial charge in [-0.25, -0.2) is 0 Å². The number of fused-ring (bicyclic) bond motifs is 1. The van der Waals surface area contributed by atoms with Crippen LogP contribution in [0.2, 0.25) is 0 Å². The van der Waals surface area contributed by atoms with Crippen LogP contribution < -0.4 is 5.32 Å². The van der Waals surface area contributed by atoms with E-state index in [1.165, 1.54) is 0 Å². The summed E-state index contributed by atoms with van der Waals surface area (Å²) in [4.78, 5) is 16.2. The summed E-state index contributed by atoms with van der Waals surface area (Å²) >= 11 is 5.33. The van der Waals surface area contributed by atoms with Crippen LogP contribution in [0.25, 0.3) is 11.6 Å². The van der Waals surface area contributed by atoms with Crippen molar-refractivity contribution in [2.24, 2.45) is 0 Å². The number of carbonyl (C=O) groups is 1. The van der Waals surface area contributed by atoms with Gasteiger partial charge in [-0.15, -0.1) is 0 Å². The highest BCUT2D eigenvalue weighted by Gasteiger charge is 2.24. The van der Waals surface area contributed by atoms with Crippen LogP contribution in [0.1, 0.15) is 23.2 Å². The van der Waals surface area contributed by atoms with Gasteiger partial charge in [-0.1, -0.05) is 36.2 Å². The summed E-state index contributed by atoms with van der Waals surface area (Å²) < 4.78 is 0. The minimum absolute atomic E-state index is 0.101. The number of allylic oxidation sites excluding steroid dienone is 4. The average molecular weight is 342 g/mol. The predicted octanol–water partition coefficient (Wildman–Crippen LogP) is 4.12. The number of hydrogen-bond acceptors (Lipinski definition) is 2. The van der Waals surface area contributed by atoms with Gasteiger partial charge in [0.15, 0.2) is 0 Å². The number of anilines is 1. The summed E-state index contributed by atoms with van der Waals surface area (Å²) in [6.07, 6.45) is 10.4. The molecular formula is C21H14N2OS. The third-order valence-electron chi connectivity index (χ3n) is 4.07. The first-order valence-corrected chi connectivity index (χ1v) is 8.34. The Morgan fingerprint density at radius 1 is 1.20 bits per heavy atom. The molecule has 1 amide bonds. The topological polar surface area (TPSA) is 44.9 Å². The van der Waals surface area contributed by atoms with Crippen LogP contribution in [0, 0.1) is 11.8 Å². The van der Waals surface area contributed by atoms with Gasteiger partial charge < -0.3 is 10.3 Å². The van der Waals surface area contributed by atoms with Crippen molar-refractivity contribution in [3.05, 3.63) is 77.2 Å². The van der Waals surface area contributed by atoms with Crippen LogP contribution in [0.3, 0.4) is 0 Å². The lowest BCUT2D eigenvalue weighted by molar-refractivity contribution is -0.110. The molecule has 1 aliphatic carbocycles. The van der Waals surface area contributed by atoms with E-state index in [1.807, 2.05) is 60.8 Å². The first-order chi connectivity index (χ1) is 12.2. The van der Waals surface area contributed by atoms with Crippen LogP contribution in [0.4, 0.5) is 5.69 Å². The minimum Gasteiger partial charge on any atom is -0.362 e. The van der Waals surface area contributed by atoms with Crippen molar-refractivity contribution in [2.45, 2.75) is 6.42 Å². The van der Waals surface area contributed by atoms with Crippen molar-refractivity contribution >= 4 is 40.3 Å². The zero-order valence-corrected chi connectivity index (χ0v) is 14.1. The number of rotatable bonds is 1. The number of carbonyl (C=O) groups excluding carboxylic acids is 1. The highest BCUT2D eigenvalue weighted by molar-refractivity contribution is 7.80. The quantitative estimate of drug-likeness (QED) is 0.465. The molecule has 2 aromatic rings. The molecule has 1 aromatic heterocycles. The third kappa shape index (κ3) is 3.10. The highest BCUT2D eigenvalue weighted by atomic mass is 32.1. The SMILES string of the molecule is O=C1Nc2ccc(C#CC3=CC=CCC3=S)cc2/C1=C/c1ccc[nH]1. The smallest absolute Gasteiger partial charge is 0.256 e. The molecule has 120 valence electrons. The predicted molar refractivity (Wildman–Crippen MR) is 105 cm³/mol. The second kappa shape index (κ2) is 6.39. The molecule has 4 heteroatoms. The first kappa shape index (κ1) is 15.4. The molecule has 2 aliphatic rings. The highest BCUT2D eigenvalue weighted by Crippen LogP contribution is 2.33. The molecule has 1 aromatic carbocycles. The van der Waals surface area contributed by atoms with Crippen molar-refractivity contribution in [2.75, 3.05) is 5.32 Å². The summed E-state index contributed by atoms with van der Waals surface area (Å²) in [6, 6.07) is 9.56. The van der Waals surface area contributed by atoms with Gasteiger partial charge in [0.05, 0.1) is 5.57 Å².